The van der Waals surface area contributed by atoms with Crippen LogP contribution in [-0.2, 0) is 11.2 Å². The number of ether oxygens (including phenoxy) is 2. The molecule has 5 nitrogen and oxygen atoms in total. The van der Waals surface area contributed by atoms with Crippen LogP contribution in [0.2, 0.25) is 0 Å². The highest BCUT2D eigenvalue weighted by Crippen LogP contribution is 2.29. The van der Waals surface area contributed by atoms with Crippen molar-refractivity contribution in [1.82, 2.24) is 10.2 Å². The van der Waals surface area contributed by atoms with Crippen LogP contribution in [0.1, 0.15) is 36.4 Å². The van der Waals surface area contributed by atoms with E-state index in [0.717, 1.165) is 30.2 Å². The van der Waals surface area contributed by atoms with Crippen molar-refractivity contribution in [1.29, 1.82) is 0 Å². The molecule has 0 bridgehead atoms. The van der Waals surface area contributed by atoms with Crippen molar-refractivity contribution >= 4 is 5.91 Å². The molecule has 5 heteroatoms. The number of methoxy groups -OCH3 is 1. The maximum atomic E-state index is 12.8. The van der Waals surface area contributed by atoms with Crippen molar-refractivity contribution in [2.24, 2.45) is 0 Å². The van der Waals surface area contributed by atoms with Gasteiger partial charge in [-0.3, -0.25) is 9.69 Å². The molecule has 2 heterocycles. The minimum Gasteiger partial charge on any atom is -0.497 e. The van der Waals surface area contributed by atoms with Crippen LogP contribution in [0.25, 0.3) is 0 Å². The quantitative estimate of drug-likeness (QED) is 0.835. The van der Waals surface area contributed by atoms with Crippen LogP contribution >= 0.6 is 0 Å². The summed E-state index contributed by atoms with van der Waals surface area (Å²) in [6.07, 6.45) is 3.91. The zero-order chi connectivity index (χ0) is 19.3. The largest absolute Gasteiger partial charge is 0.497 e. The van der Waals surface area contributed by atoms with Crippen molar-refractivity contribution in [3.8, 4) is 11.5 Å². The lowest BCUT2D eigenvalue weighted by atomic mass is 10.0. The van der Waals surface area contributed by atoms with E-state index in [1.807, 2.05) is 36.4 Å². The monoisotopic (exact) mass is 380 g/mol. The summed E-state index contributed by atoms with van der Waals surface area (Å²) in [4.78, 5) is 15.2. The molecule has 1 amide bonds. The predicted octanol–water partition coefficient (Wildman–Crippen LogP) is 3.34. The number of likely N-dealkylation sites (tertiary alicyclic amines) is 1. The predicted molar refractivity (Wildman–Crippen MR) is 109 cm³/mol. The number of hydrogen-bond acceptors (Lipinski definition) is 4. The van der Waals surface area contributed by atoms with Gasteiger partial charge in [0.1, 0.15) is 11.5 Å². The molecule has 0 aliphatic carbocycles. The fourth-order valence-corrected chi connectivity index (χ4v) is 4.15. The van der Waals surface area contributed by atoms with Crippen molar-refractivity contribution < 1.29 is 14.3 Å². The van der Waals surface area contributed by atoms with Crippen molar-refractivity contribution in [3.63, 3.8) is 0 Å². The first kappa shape index (κ1) is 18.8. The number of rotatable bonds is 6. The summed E-state index contributed by atoms with van der Waals surface area (Å²) in [6, 6.07) is 16.2. The zero-order valence-corrected chi connectivity index (χ0v) is 16.4. The number of nitrogens with zero attached hydrogens (tertiary/aromatic N) is 1. The van der Waals surface area contributed by atoms with Crippen LogP contribution in [0.3, 0.4) is 0 Å². The van der Waals surface area contributed by atoms with E-state index >= 15 is 0 Å². The first-order chi connectivity index (χ1) is 13.7. The fraction of sp³-hybridized carbons (Fsp3) is 0.435. The highest BCUT2D eigenvalue weighted by Gasteiger charge is 2.30. The highest BCUT2D eigenvalue weighted by atomic mass is 16.5. The molecule has 1 N–H and O–H groups in total. The molecule has 0 aromatic heterocycles. The van der Waals surface area contributed by atoms with Gasteiger partial charge in [-0.25, -0.2) is 0 Å². The lowest BCUT2D eigenvalue weighted by Crippen LogP contribution is -2.44. The van der Waals surface area contributed by atoms with Gasteiger partial charge >= 0.3 is 0 Å². The topological polar surface area (TPSA) is 50.8 Å². The summed E-state index contributed by atoms with van der Waals surface area (Å²) >= 11 is 0. The molecule has 2 aromatic carbocycles. The minimum absolute atomic E-state index is 0.0354. The second-order valence-electron chi connectivity index (χ2n) is 7.55. The molecule has 1 saturated heterocycles. The van der Waals surface area contributed by atoms with E-state index < -0.39 is 6.10 Å². The Kier molecular flexibility index (Phi) is 5.81. The molecule has 0 radical (unpaired) electrons. The summed E-state index contributed by atoms with van der Waals surface area (Å²) in [5.41, 5.74) is 2.31. The molecule has 0 unspecified atom stereocenters. The van der Waals surface area contributed by atoms with E-state index in [0.29, 0.717) is 13.0 Å². The Morgan fingerprint density at radius 3 is 2.61 bits per heavy atom. The third-order valence-electron chi connectivity index (χ3n) is 5.74. The van der Waals surface area contributed by atoms with E-state index in [-0.39, 0.29) is 11.9 Å². The van der Waals surface area contributed by atoms with Crippen LogP contribution < -0.4 is 14.8 Å². The van der Waals surface area contributed by atoms with Gasteiger partial charge in [0.25, 0.3) is 5.91 Å². The fourth-order valence-electron chi connectivity index (χ4n) is 4.15. The number of nitrogens with one attached hydrogen (secondary N) is 1. The number of piperidine rings is 1. The highest BCUT2D eigenvalue weighted by molar-refractivity contribution is 5.82. The second-order valence-corrected chi connectivity index (χ2v) is 7.55. The van der Waals surface area contributed by atoms with Crippen LogP contribution in [0.5, 0.6) is 11.5 Å². The number of benzene rings is 2. The number of carbonyl (C=O) groups excluding carboxylic acids is 1. The summed E-state index contributed by atoms with van der Waals surface area (Å²) in [5.74, 6) is 1.64. The molecule has 0 spiro atoms. The first-order valence-electron chi connectivity index (χ1n) is 10.1. The van der Waals surface area contributed by atoms with E-state index in [9.17, 15) is 4.79 Å². The number of amides is 1. The Balaban J connectivity index is 1.42. The number of fused-ring (bicyclic) bond motifs is 1. The van der Waals surface area contributed by atoms with Crippen molar-refractivity contribution in [3.05, 3.63) is 59.7 Å². The molecule has 4 rings (SSSR count). The smallest absolute Gasteiger partial charge is 0.261 e. The van der Waals surface area contributed by atoms with E-state index in [2.05, 4.69) is 22.3 Å². The van der Waals surface area contributed by atoms with E-state index in [1.54, 1.807) is 7.11 Å². The lowest BCUT2D eigenvalue weighted by Gasteiger charge is -2.35. The minimum atomic E-state index is -0.435. The molecule has 148 valence electrons. The maximum Gasteiger partial charge on any atom is 0.261 e. The Morgan fingerprint density at radius 2 is 1.89 bits per heavy atom. The van der Waals surface area contributed by atoms with Gasteiger partial charge in [-0.1, -0.05) is 36.8 Å². The molecule has 2 aromatic rings. The third-order valence-corrected chi connectivity index (χ3v) is 5.74. The Morgan fingerprint density at radius 1 is 1.14 bits per heavy atom. The average Bonchev–Trinajstić information content (AvgIpc) is 3.19. The van der Waals surface area contributed by atoms with Crippen LogP contribution in [0.4, 0.5) is 0 Å². The molecular formula is C23H28N2O3. The Bertz CT molecular complexity index is 775. The van der Waals surface area contributed by atoms with E-state index in [4.69, 9.17) is 9.47 Å². The number of hydrogen-bond donors (Lipinski definition) is 1. The standard InChI is InChI=1S/C23H28N2O3/c1-27-19-11-9-17(10-12-19)20(25-13-5-2-6-14-25)16-24-23(26)22-15-18-7-3-4-8-21(18)28-22/h3-4,7-12,20,22H,2,5-6,13-16H2,1H3,(H,24,26)/t20-,22-/m0/s1. The van der Waals surface area contributed by atoms with Gasteiger partial charge in [-0.2, -0.15) is 0 Å². The first-order valence-corrected chi connectivity index (χ1v) is 10.1. The number of carbonyl (C=O) groups is 1. The summed E-state index contributed by atoms with van der Waals surface area (Å²) in [7, 11) is 1.68. The molecule has 0 saturated carbocycles. The molecule has 2 aliphatic rings. The van der Waals surface area contributed by atoms with Gasteiger partial charge in [0.05, 0.1) is 13.2 Å². The van der Waals surface area contributed by atoms with Crippen LogP contribution in [0, 0.1) is 0 Å². The molecule has 1 fully saturated rings. The van der Waals surface area contributed by atoms with Crippen molar-refractivity contribution in [2.75, 3.05) is 26.7 Å². The van der Waals surface area contributed by atoms with Gasteiger partial charge in [0, 0.05) is 13.0 Å². The Labute approximate surface area is 166 Å². The maximum absolute atomic E-state index is 12.8. The van der Waals surface area contributed by atoms with Gasteiger partial charge in [0.15, 0.2) is 6.10 Å². The zero-order valence-electron chi connectivity index (χ0n) is 16.4. The molecular weight excluding hydrogens is 352 g/mol. The summed E-state index contributed by atoms with van der Waals surface area (Å²) in [5, 5.41) is 3.15. The van der Waals surface area contributed by atoms with Gasteiger partial charge in [0.2, 0.25) is 0 Å². The molecule has 2 aliphatic heterocycles. The second kappa shape index (κ2) is 8.65. The van der Waals surface area contributed by atoms with Gasteiger partial charge in [-0.05, 0) is 55.3 Å². The number of para-hydroxylation sites is 1. The average molecular weight is 380 g/mol. The lowest BCUT2D eigenvalue weighted by molar-refractivity contribution is -0.127. The van der Waals surface area contributed by atoms with Gasteiger partial charge < -0.3 is 14.8 Å². The normalized spacial score (nSPS) is 20.1. The van der Waals surface area contributed by atoms with Crippen molar-refractivity contribution in [2.45, 2.75) is 37.8 Å². The molecule has 28 heavy (non-hydrogen) atoms. The SMILES string of the molecule is COc1ccc([C@H](CNC(=O)[C@@H]2Cc3ccccc3O2)N2CCCCC2)cc1. The summed E-state index contributed by atoms with van der Waals surface area (Å²) < 4.78 is 11.1. The van der Waals surface area contributed by atoms with Crippen LogP contribution in [0.15, 0.2) is 48.5 Å². The Hall–Kier alpha value is -2.53. The van der Waals surface area contributed by atoms with Crippen LogP contribution in [-0.4, -0.2) is 43.7 Å². The van der Waals surface area contributed by atoms with Gasteiger partial charge in [-0.15, -0.1) is 0 Å². The summed E-state index contributed by atoms with van der Waals surface area (Å²) in [6.45, 7) is 2.72. The third kappa shape index (κ3) is 4.14. The van der Waals surface area contributed by atoms with E-state index in [1.165, 1.54) is 24.8 Å². The molecule has 2 atom stereocenters.